The molecule has 10 nitrogen and oxygen atoms in total. The number of carbonyl (C=O) groups excluding carboxylic acids is 1. The van der Waals surface area contributed by atoms with Crippen molar-refractivity contribution in [3.05, 3.63) is 61.3 Å². The number of imidazole rings is 1. The van der Waals surface area contributed by atoms with Gasteiger partial charge in [-0.15, -0.1) is 0 Å². The van der Waals surface area contributed by atoms with Crippen molar-refractivity contribution >= 4 is 40.0 Å². The van der Waals surface area contributed by atoms with Crippen LogP contribution in [-0.4, -0.2) is 71.7 Å². The largest absolute Gasteiger partial charge is 0.494 e. The fraction of sp³-hybridized carbons (Fsp3) is 0.310. The molecular weight excluding hydrogens is 492 g/mol. The van der Waals surface area contributed by atoms with E-state index in [2.05, 4.69) is 56.5 Å². The summed E-state index contributed by atoms with van der Waals surface area (Å²) in [5, 5.41) is 6.19. The van der Waals surface area contributed by atoms with E-state index in [9.17, 15) is 4.79 Å². The molecule has 0 bridgehead atoms. The van der Waals surface area contributed by atoms with Crippen molar-refractivity contribution in [2.75, 3.05) is 56.9 Å². The molecule has 0 radical (unpaired) electrons. The lowest BCUT2D eigenvalue weighted by Gasteiger charge is -2.26. The van der Waals surface area contributed by atoms with E-state index in [1.54, 1.807) is 13.3 Å². The molecule has 10 heteroatoms. The molecule has 4 rings (SSSR count). The Balaban J connectivity index is 1.73. The SMILES string of the molecule is C=CC(=O)Nc1cc(Nc2nccc(-c3nc4ccccc4n3C(C)C)n2)c(OC)cc1N(C)CCN(C)C. The molecular formula is C29H36N8O2. The minimum Gasteiger partial charge on any atom is -0.494 e. The Morgan fingerprint density at radius 3 is 2.56 bits per heavy atom. The second-order valence-corrected chi connectivity index (χ2v) is 9.77. The van der Waals surface area contributed by atoms with Gasteiger partial charge in [0.2, 0.25) is 11.9 Å². The minimum absolute atomic E-state index is 0.187. The second-order valence-electron chi connectivity index (χ2n) is 9.77. The van der Waals surface area contributed by atoms with Crippen LogP contribution in [0.5, 0.6) is 5.75 Å². The highest BCUT2D eigenvalue weighted by molar-refractivity contribution is 6.02. The number of para-hydroxylation sites is 2. The standard InChI is InChI=1S/C29H36N8O2/c1-8-27(38)31-22-17-23(26(39-7)18-25(22)36(6)16-15-35(4)5)34-29-30-14-13-21(33-29)28-32-20-11-9-10-12-24(20)37(28)19(2)3/h8-14,17-19H,1,15-16H2,2-7H3,(H,31,38)(H,30,33,34). The van der Waals surface area contributed by atoms with Gasteiger partial charge in [0, 0.05) is 38.4 Å². The summed E-state index contributed by atoms with van der Waals surface area (Å²) in [4.78, 5) is 30.5. The topological polar surface area (TPSA) is 100 Å². The molecule has 0 aliphatic heterocycles. The van der Waals surface area contributed by atoms with Gasteiger partial charge in [0.05, 0.1) is 35.2 Å². The van der Waals surface area contributed by atoms with Gasteiger partial charge in [0.25, 0.3) is 0 Å². The fourth-order valence-electron chi connectivity index (χ4n) is 4.32. The Labute approximate surface area is 229 Å². The monoisotopic (exact) mass is 528 g/mol. The number of carbonyl (C=O) groups is 1. The summed E-state index contributed by atoms with van der Waals surface area (Å²) in [7, 11) is 7.62. The van der Waals surface area contributed by atoms with Gasteiger partial charge in [-0.25, -0.2) is 15.0 Å². The Kier molecular flexibility index (Phi) is 8.46. The molecule has 0 aliphatic carbocycles. The van der Waals surface area contributed by atoms with E-state index in [1.165, 1.54) is 6.08 Å². The molecule has 1 amide bonds. The van der Waals surface area contributed by atoms with E-state index in [0.29, 0.717) is 28.8 Å². The van der Waals surface area contributed by atoms with Crippen LogP contribution in [0.3, 0.4) is 0 Å². The van der Waals surface area contributed by atoms with E-state index in [4.69, 9.17) is 14.7 Å². The number of rotatable bonds is 11. The third-order valence-electron chi connectivity index (χ3n) is 6.30. The molecule has 0 atom stereocenters. The first-order valence-corrected chi connectivity index (χ1v) is 12.8. The molecule has 2 N–H and O–H groups in total. The first kappa shape index (κ1) is 27.6. The van der Waals surface area contributed by atoms with E-state index in [-0.39, 0.29) is 11.9 Å². The third kappa shape index (κ3) is 6.18. The number of aromatic nitrogens is 4. The zero-order chi connectivity index (χ0) is 28.1. The normalized spacial score (nSPS) is 11.2. The summed E-state index contributed by atoms with van der Waals surface area (Å²) >= 11 is 0. The maximum Gasteiger partial charge on any atom is 0.247 e. The summed E-state index contributed by atoms with van der Waals surface area (Å²) in [5.41, 5.74) is 4.69. The fourth-order valence-corrected chi connectivity index (χ4v) is 4.32. The van der Waals surface area contributed by atoms with E-state index >= 15 is 0 Å². The zero-order valence-corrected chi connectivity index (χ0v) is 23.4. The summed E-state index contributed by atoms with van der Waals surface area (Å²) in [6, 6.07) is 13.8. The third-order valence-corrected chi connectivity index (χ3v) is 6.30. The number of benzene rings is 2. The molecule has 2 heterocycles. The molecule has 4 aromatic rings. The summed E-state index contributed by atoms with van der Waals surface area (Å²) < 4.78 is 7.89. The molecule has 0 saturated heterocycles. The lowest BCUT2D eigenvalue weighted by molar-refractivity contribution is -0.111. The maximum atomic E-state index is 12.3. The number of nitrogens with zero attached hydrogens (tertiary/aromatic N) is 6. The van der Waals surface area contributed by atoms with Gasteiger partial charge in [-0.3, -0.25) is 4.79 Å². The highest BCUT2D eigenvalue weighted by Crippen LogP contribution is 2.38. The van der Waals surface area contributed by atoms with Gasteiger partial charge >= 0.3 is 0 Å². The molecule has 39 heavy (non-hydrogen) atoms. The van der Waals surface area contributed by atoms with Crippen molar-refractivity contribution < 1.29 is 9.53 Å². The zero-order valence-electron chi connectivity index (χ0n) is 23.4. The molecule has 0 saturated carbocycles. The highest BCUT2D eigenvalue weighted by atomic mass is 16.5. The van der Waals surface area contributed by atoms with Crippen LogP contribution in [0.2, 0.25) is 0 Å². The van der Waals surface area contributed by atoms with Crippen molar-refractivity contribution in [3.8, 4) is 17.3 Å². The van der Waals surface area contributed by atoms with Gasteiger partial charge < -0.3 is 29.7 Å². The number of fused-ring (bicyclic) bond motifs is 1. The minimum atomic E-state index is -0.306. The van der Waals surface area contributed by atoms with Crippen molar-refractivity contribution in [1.29, 1.82) is 0 Å². The van der Waals surface area contributed by atoms with E-state index in [1.807, 2.05) is 57.5 Å². The summed E-state index contributed by atoms with van der Waals surface area (Å²) in [5.74, 6) is 1.42. The number of hydrogen-bond donors (Lipinski definition) is 2. The number of nitrogens with one attached hydrogen (secondary N) is 2. The van der Waals surface area contributed by atoms with Crippen LogP contribution >= 0.6 is 0 Å². The second kappa shape index (κ2) is 12.0. The van der Waals surface area contributed by atoms with Crippen molar-refractivity contribution in [3.63, 3.8) is 0 Å². The number of ether oxygens (including phenoxy) is 1. The van der Waals surface area contributed by atoms with Gasteiger partial charge in [-0.1, -0.05) is 18.7 Å². The van der Waals surface area contributed by atoms with Crippen LogP contribution in [0, 0.1) is 0 Å². The first-order valence-electron chi connectivity index (χ1n) is 12.8. The summed E-state index contributed by atoms with van der Waals surface area (Å²) in [6.07, 6.45) is 2.94. The Morgan fingerprint density at radius 1 is 1.10 bits per heavy atom. The average molecular weight is 529 g/mol. The van der Waals surface area contributed by atoms with Crippen molar-refractivity contribution in [1.82, 2.24) is 24.4 Å². The Morgan fingerprint density at radius 2 is 1.87 bits per heavy atom. The van der Waals surface area contributed by atoms with Gasteiger partial charge in [-0.05, 0) is 58.3 Å². The lowest BCUT2D eigenvalue weighted by atomic mass is 10.2. The van der Waals surface area contributed by atoms with Crippen LogP contribution in [-0.2, 0) is 4.79 Å². The highest BCUT2D eigenvalue weighted by Gasteiger charge is 2.19. The number of hydrogen-bond acceptors (Lipinski definition) is 8. The van der Waals surface area contributed by atoms with E-state index in [0.717, 1.165) is 35.6 Å². The van der Waals surface area contributed by atoms with Crippen molar-refractivity contribution in [2.24, 2.45) is 0 Å². The summed E-state index contributed by atoms with van der Waals surface area (Å²) in [6.45, 7) is 9.43. The number of methoxy groups -OCH3 is 1. The van der Waals surface area contributed by atoms with Gasteiger partial charge in [0.1, 0.15) is 11.4 Å². The number of likely N-dealkylation sites (N-methyl/N-ethyl adjacent to an activating group) is 2. The first-order chi connectivity index (χ1) is 18.7. The van der Waals surface area contributed by atoms with Crippen LogP contribution in [0.25, 0.3) is 22.6 Å². The smallest absolute Gasteiger partial charge is 0.247 e. The molecule has 0 fully saturated rings. The van der Waals surface area contributed by atoms with Gasteiger partial charge in [0.15, 0.2) is 5.82 Å². The Hall–Kier alpha value is -4.44. The number of amides is 1. The predicted octanol–water partition coefficient (Wildman–Crippen LogP) is 4.95. The lowest BCUT2D eigenvalue weighted by Crippen LogP contribution is -2.29. The molecule has 2 aromatic carbocycles. The predicted molar refractivity (Wildman–Crippen MR) is 158 cm³/mol. The van der Waals surface area contributed by atoms with Crippen LogP contribution in [0.4, 0.5) is 23.0 Å². The molecule has 2 aromatic heterocycles. The number of anilines is 4. The molecule has 0 unspecified atom stereocenters. The van der Waals surface area contributed by atoms with Crippen LogP contribution in [0.15, 0.2) is 61.3 Å². The average Bonchev–Trinajstić information content (AvgIpc) is 3.32. The maximum absolute atomic E-state index is 12.3. The molecule has 0 spiro atoms. The van der Waals surface area contributed by atoms with Crippen molar-refractivity contribution in [2.45, 2.75) is 19.9 Å². The van der Waals surface area contributed by atoms with Gasteiger partial charge in [-0.2, -0.15) is 0 Å². The Bertz CT molecular complexity index is 1480. The molecule has 204 valence electrons. The molecule has 0 aliphatic rings. The van der Waals surface area contributed by atoms with E-state index < -0.39 is 0 Å². The van der Waals surface area contributed by atoms with Crippen LogP contribution < -0.4 is 20.3 Å². The van der Waals surface area contributed by atoms with Crippen LogP contribution in [0.1, 0.15) is 19.9 Å². The quantitative estimate of drug-likeness (QED) is 0.264.